The molecule has 0 saturated heterocycles. The number of aromatic nitrogens is 2. The zero-order chi connectivity index (χ0) is 14.8. The second kappa shape index (κ2) is 5.83. The summed E-state index contributed by atoms with van der Waals surface area (Å²) in [6.07, 6.45) is 1.81. The minimum Gasteiger partial charge on any atom is -0.399 e. The molecular formula is C14H21N3O2S. The molecule has 2 rings (SSSR count). The van der Waals surface area contributed by atoms with Gasteiger partial charge in [-0.05, 0) is 24.6 Å². The number of nitrogen functional groups attached to an aromatic ring is 1. The molecule has 2 N–H and O–H groups in total. The summed E-state index contributed by atoms with van der Waals surface area (Å²) >= 11 is 0. The molecule has 20 heavy (non-hydrogen) atoms. The van der Waals surface area contributed by atoms with Crippen LogP contribution in [0.25, 0.3) is 11.0 Å². The third-order valence-corrected chi connectivity index (χ3v) is 5.07. The van der Waals surface area contributed by atoms with Crippen LogP contribution in [0.3, 0.4) is 0 Å². The molecule has 6 heteroatoms. The van der Waals surface area contributed by atoms with E-state index in [-0.39, 0.29) is 11.5 Å². The van der Waals surface area contributed by atoms with Crippen LogP contribution in [0.2, 0.25) is 0 Å². The largest absolute Gasteiger partial charge is 0.399 e. The smallest absolute Gasteiger partial charge is 0.151 e. The molecule has 0 bridgehead atoms. The van der Waals surface area contributed by atoms with Gasteiger partial charge in [0.15, 0.2) is 9.84 Å². The third kappa shape index (κ3) is 3.12. The maximum atomic E-state index is 11.7. The molecule has 0 atom stereocenters. The van der Waals surface area contributed by atoms with E-state index in [2.05, 4.69) is 11.9 Å². The number of anilines is 1. The van der Waals surface area contributed by atoms with E-state index in [9.17, 15) is 8.42 Å². The van der Waals surface area contributed by atoms with Crippen molar-refractivity contribution in [2.75, 3.05) is 17.2 Å². The van der Waals surface area contributed by atoms with Gasteiger partial charge in [-0.25, -0.2) is 13.4 Å². The van der Waals surface area contributed by atoms with Crippen molar-refractivity contribution in [1.29, 1.82) is 0 Å². The van der Waals surface area contributed by atoms with Crippen LogP contribution in [0, 0.1) is 0 Å². The van der Waals surface area contributed by atoms with Gasteiger partial charge in [0.25, 0.3) is 0 Å². The first-order chi connectivity index (χ1) is 9.46. The molecule has 110 valence electrons. The zero-order valence-corrected chi connectivity index (χ0v) is 12.8. The summed E-state index contributed by atoms with van der Waals surface area (Å²) in [5, 5.41) is 0. The Kier molecular flexibility index (Phi) is 4.32. The fourth-order valence-corrected chi connectivity index (χ4v) is 2.98. The van der Waals surface area contributed by atoms with Crippen molar-refractivity contribution in [3.63, 3.8) is 0 Å². The van der Waals surface area contributed by atoms with Gasteiger partial charge in [-0.3, -0.25) is 0 Å². The van der Waals surface area contributed by atoms with E-state index in [0.717, 1.165) is 29.7 Å². The summed E-state index contributed by atoms with van der Waals surface area (Å²) in [5.74, 6) is 1.26. The van der Waals surface area contributed by atoms with Crippen LogP contribution < -0.4 is 5.73 Å². The Bertz CT molecular complexity index is 705. The van der Waals surface area contributed by atoms with Crippen LogP contribution in [0.5, 0.6) is 0 Å². The van der Waals surface area contributed by atoms with Crippen molar-refractivity contribution in [2.24, 2.45) is 0 Å². The van der Waals surface area contributed by atoms with E-state index in [1.807, 2.05) is 22.8 Å². The Balaban J connectivity index is 2.41. The van der Waals surface area contributed by atoms with Crippen molar-refractivity contribution in [3.8, 4) is 0 Å². The van der Waals surface area contributed by atoms with Crippen LogP contribution in [-0.2, 0) is 22.8 Å². The average Bonchev–Trinajstić information content (AvgIpc) is 2.73. The Labute approximate surface area is 119 Å². The summed E-state index contributed by atoms with van der Waals surface area (Å²) in [6.45, 7) is 4.21. The number of sulfone groups is 1. The molecule has 0 fully saturated rings. The molecule has 1 aromatic carbocycles. The van der Waals surface area contributed by atoms with Gasteiger partial charge in [-0.15, -0.1) is 0 Å². The van der Waals surface area contributed by atoms with E-state index in [1.54, 1.807) is 6.92 Å². The molecule has 0 aliphatic carbocycles. The highest BCUT2D eigenvalue weighted by atomic mass is 32.2. The van der Waals surface area contributed by atoms with Crippen LogP contribution in [0.4, 0.5) is 5.69 Å². The number of hydrogen-bond donors (Lipinski definition) is 1. The number of benzene rings is 1. The summed E-state index contributed by atoms with van der Waals surface area (Å²) < 4.78 is 25.4. The standard InChI is InChI=1S/C14H21N3O2S/c1-3-5-14-16-12-10-11(15)6-7-13(12)17(14)8-9-20(18,19)4-2/h6-7,10H,3-5,8-9,15H2,1-2H3. The quantitative estimate of drug-likeness (QED) is 0.827. The molecule has 0 saturated carbocycles. The van der Waals surface area contributed by atoms with Gasteiger partial charge in [0.05, 0.1) is 16.8 Å². The van der Waals surface area contributed by atoms with Crippen molar-refractivity contribution >= 4 is 26.6 Å². The number of fused-ring (bicyclic) bond motifs is 1. The maximum Gasteiger partial charge on any atom is 0.151 e. The third-order valence-electron chi connectivity index (χ3n) is 3.39. The van der Waals surface area contributed by atoms with Crippen molar-refractivity contribution in [2.45, 2.75) is 33.2 Å². The molecule has 0 unspecified atom stereocenters. The lowest BCUT2D eigenvalue weighted by molar-refractivity contribution is 0.588. The number of aryl methyl sites for hydroxylation is 2. The highest BCUT2D eigenvalue weighted by molar-refractivity contribution is 7.91. The van der Waals surface area contributed by atoms with Crippen LogP contribution in [0.1, 0.15) is 26.1 Å². The Morgan fingerprint density at radius 3 is 2.70 bits per heavy atom. The molecule has 5 nitrogen and oxygen atoms in total. The highest BCUT2D eigenvalue weighted by Gasteiger charge is 2.13. The summed E-state index contributed by atoms with van der Waals surface area (Å²) in [5.41, 5.74) is 8.24. The number of nitrogens with zero attached hydrogens (tertiary/aromatic N) is 2. The summed E-state index contributed by atoms with van der Waals surface area (Å²) in [4.78, 5) is 4.58. The fourth-order valence-electron chi connectivity index (χ4n) is 2.24. The molecule has 0 radical (unpaired) electrons. The predicted octanol–water partition coefficient (Wildman–Crippen LogP) is 2.01. The number of hydrogen-bond acceptors (Lipinski definition) is 4. The second-order valence-electron chi connectivity index (χ2n) is 4.91. The molecule has 0 amide bonds. The van der Waals surface area contributed by atoms with E-state index < -0.39 is 9.84 Å². The normalized spacial score (nSPS) is 12.1. The van der Waals surface area contributed by atoms with Crippen molar-refractivity contribution in [1.82, 2.24) is 9.55 Å². The molecular weight excluding hydrogens is 274 g/mol. The van der Waals surface area contributed by atoms with Gasteiger partial charge in [-0.2, -0.15) is 0 Å². The first kappa shape index (κ1) is 14.8. The van der Waals surface area contributed by atoms with Gasteiger partial charge < -0.3 is 10.3 Å². The Morgan fingerprint density at radius 1 is 1.30 bits per heavy atom. The monoisotopic (exact) mass is 295 g/mol. The first-order valence-corrected chi connectivity index (χ1v) is 8.74. The van der Waals surface area contributed by atoms with E-state index in [1.165, 1.54) is 0 Å². The number of rotatable bonds is 6. The van der Waals surface area contributed by atoms with Crippen LogP contribution >= 0.6 is 0 Å². The lowest BCUT2D eigenvalue weighted by Crippen LogP contribution is -2.16. The average molecular weight is 295 g/mol. The van der Waals surface area contributed by atoms with Crippen molar-refractivity contribution < 1.29 is 8.42 Å². The van der Waals surface area contributed by atoms with E-state index in [4.69, 9.17) is 5.73 Å². The van der Waals surface area contributed by atoms with Crippen LogP contribution in [-0.4, -0.2) is 29.5 Å². The minimum absolute atomic E-state index is 0.149. The van der Waals surface area contributed by atoms with E-state index >= 15 is 0 Å². The van der Waals surface area contributed by atoms with Gasteiger partial charge in [0, 0.05) is 24.4 Å². The topological polar surface area (TPSA) is 78.0 Å². The molecule has 0 spiro atoms. The summed E-state index contributed by atoms with van der Waals surface area (Å²) in [7, 11) is -2.98. The van der Waals surface area contributed by atoms with Gasteiger partial charge in [-0.1, -0.05) is 13.8 Å². The van der Waals surface area contributed by atoms with Gasteiger partial charge in [0.1, 0.15) is 5.82 Å². The molecule has 0 aliphatic heterocycles. The highest BCUT2D eigenvalue weighted by Crippen LogP contribution is 2.20. The summed E-state index contributed by atoms with van der Waals surface area (Å²) in [6, 6.07) is 5.57. The maximum absolute atomic E-state index is 11.7. The predicted molar refractivity (Wildman–Crippen MR) is 82.5 cm³/mol. The van der Waals surface area contributed by atoms with Gasteiger partial charge in [0.2, 0.25) is 0 Å². The fraction of sp³-hybridized carbons (Fsp3) is 0.500. The van der Waals surface area contributed by atoms with E-state index in [0.29, 0.717) is 12.2 Å². The lowest BCUT2D eigenvalue weighted by atomic mass is 10.3. The lowest BCUT2D eigenvalue weighted by Gasteiger charge is -2.08. The molecule has 2 aromatic rings. The molecule has 1 aromatic heterocycles. The number of imidazole rings is 1. The molecule has 1 heterocycles. The molecule has 0 aliphatic rings. The Morgan fingerprint density at radius 2 is 2.05 bits per heavy atom. The zero-order valence-electron chi connectivity index (χ0n) is 12.0. The van der Waals surface area contributed by atoms with Crippen molar-refractivity contribution in [3.05, 3.63) is 24.0 Å². The Hall–Kier alpha value is -1.56. The van der Waals surface area contributed by atoms with Crippen LogP contribution in [0.15, 0.2) is 18.2 Å². The first-order valence-electron chi connectivity index (χ1n) is 6.92. The second-order valence-corrected chi connectivity index (χ2v) is 7.39. The number of nitrogens with two attached hydrogens (primary N) is 1. The van der Waals surface area contributed by atoms with Gasteiger partial charge >= 0.3 is 0 Å². The minimum atomic E-state index is -2.98. The SMILES string of the molecule is CCCc1nc2cc(N)ccc2n1CCS(=O)(=O)CC.